The second-order valence-corrected chi connectivity index (χ2v) is 7.80. The van der Waals surface area contributed by atoms with Crippen molar-refractivity contribution in [3.63, 3.8) is 0 Å². The molecule has 2 aliphatic heterocycles. The SMILES string of the molecule is O=C(N1CCN(Cc2ccccc2)CC1)N1CCN(Cc2csnn2)CC1. The third-order valence-electron chi connectivity index (χ3n) is 5.33. The zero-order valence-electron chi connectivity index (χ0n) is 15.5. The molecule has 0 bridgehead atoms. The minimum absolute atomic E-state index is 0.198. The van der Waals surface area contributed by atoms with Crippen LogP contribution in [-0.2, 0) is 13.1 Å². The average molecular weight is 387 g/mol. The van der Waals surface area contributed by atoms with Crippen molar-refractivity contribution in [2.45, 2.75) is 13.1 Å². The van der Waals surface area contributed by atoms with Crippen molar-refractivity contribution in [2.75, 3.05) is 52.4 Å². The van der Waals surface area contributed by atoms with Gasteiger partial charge in [0.1, 0.15) is 0 Å². The lowest BCUT2D eigenvalue weighted by atomic mass is 10.2. The summed E-state index contributed by atoms with van der Waals surface area (Å²) < 4.78 is 3.91. The first-order chi connectivity index (χ1) is 13.3. The van der Waals surface area contributed by atoms with Crippen molar-refractivity contribution in [3.8, 4) is 0 Å². The van der Waals surface area contributed by atoms with Crippen LogP contribution in [0.2, 0.25) is 0 Å². The number of urea groups is 1. The summed E-state index contributed by atoms with van der Waals surface area (Å²) in [7, 11) is 0. The van der Waals surface area contributed by atoms with Gasteiger partial charge in [0.2, 0.25) is 0 Å². The molecule has 27 heavy (non-hydrogen) atoms. The maximum atomic E-state index is 12.8. The van der Waals surface area contributed by atoms with Crippen molar-refractivity contribution >= 4 is 17.6 Å². The first-order valence-electron chi connectivity index (χ1n) is 9.56. The van der Waals surface area contributed by atoms with Crippen LogP contribution in [-0.4, -0.2) is 87.6 Å². The molecule has 7 nitrogen and oxygen atoms in total. The molecule has 3 heterocycles. The van der Waals surface area contributed by atoms with Gasteiger partial charge in [-0.05, 0) is 17.1 Å². The smallest absolute Gasteiger partial charge is 0.320 e. The lowest BCUT2D eigenvalue weighted by molar-refractivity contribution is 0.0867. The highest BCUT2D eigenvalue weighted by Crippen LogP contribution is 2.13. The minimum atomic E-state index is 0.198. The van der Waals surface area contributed by atoms with E-state index < -0.39 is 0 Å². The summed E-state index contributed by atoms with van der Waals surface area (Å²) in [6.07, 6.45) is 0. The molecule has 0 atom stereocenters. The highest BCUT2D eigenvalue weighted by molar-refractivity contribution is 7.03. The zero-order chi connectivity index (χ0) is 18.5. The van der Waals surface area contributed by atoms with Gasteiger partial charge in [0.05, 0.1) is 5.69 Å². The summed E-state index contributed by atoms with van der Waals surface area (Å²) in [5.41, 5.74) is 2.36. The fourth-order valence-corrected chi connectivity index (χ4v) is 4.16. The average Bonchev–Trinajstić information content (AvgIpc) is 3.22. The molecule has 0 aliphatic carbocycles. The number of nitrogens with zero attached hydrogens (tertiary/aromatic N) is 6. The molecule has 144 valence electrons. The Morgan fingerprint density at radius 2 is 1.44 bits per heavy atom. The Kier molecular flexibility index (Phi) is 5.96. The molecule has 2 saturated heterocycles. The van der Waals surface area contributed by atoms with Crippen molar-refractivity contribution in [3.05, 3.63) is 47.0 Å². The molecular formula is C19H26N6OS. The van der Waals surface area contributed by atoms with Crippen molar-refractivity contribution in [1.29, 1.82) is 0 Å². The second-order valence-electron chi connectivity index (χ2n) is 7.19. The van der Waals surface area contributed by atoms with Gasteiger partial charge in [-0.2, -0.15) is 0 Å². The summed E-state index contributed by atoms with van der Waals surface area (Å²) in [6.45, 7) is 8.70. The van der Waals surface area contributed by atoms with Crippen molar-refractivity contribution < 1.29 is 4.79 Å². The summed E-state index contributed by atoms with van der Waals surface area (Å²) >= 11 is 1.39. The Hall–Kier alpha value is -2.03. The van der Waals surface area contributed by atoms with Crippen LogP contribution >= 0.6 is 11.5 Å². The van der Waals surface area contributed by atoms with Crippen LogP contribution in [0.5, 0.6) is 0 Å². The number of rotatable bonds is 4. The number of amides is 2. The van der Waals surface area contributed by atoms with Crippen molar-refractivity contribution in [2.24, 2.45) is 0 Å². The normalized spacial score (nSPS) is 19.4. The predicted octanol–water partition coefficient (Wildman–Crippen LogP) is 1.59. The molecule has 2 fully saturated rings. The summed E-state index contributed by atoms with van der Waals surface area (Å²) in [6, 6.07) is 10.7. The molecule has 0 saturated carbocycles. The largest absolute Gasteiger partial charge is 0.322 e. The van der Waals surface area contributed by atoms with Crippen LogP contribution in [0.1, 0.15) is 11.3 Å². The first kappa shape index (κ1) is 18.3. The van der Waals surface area contributed by atoms with Crippen molar-refractivity contribution in [1.82, 2.24) is 29.2 Å². The molecule has 0 N–H and O–H groups in total. The van der Waals surface area contributed by atoms with E-state index in [2.05, 4.69) is 43.7 Å². The van der Waals surface area contributed by atoms with E-state index in [4.69, 9.17) is 0 Å². The molecule has 2 aromatic rings. The number of aromatic nitrogens is 2. The maximum absolute atomic E-state index is 12.8. The number of carbonyl (C=O) groups excluding carboxylic acids is 1. The molecule has 1 aromatic heterocycles. The minimum Gasteiger partial charge on any atom is -0.322 e. The quantitative estimate of drug-likeness (QED) is 0.799. The predicted molar refractivity (Wildman–Crippen MR) is 105 cm³/mol. The number of carbonyl (C=O) groups is 1. The van der Waals surface area contributed by atoms with Gasteiger partial charge < -0.3 is 9.80 Å². The van der Waals surface area contributed by atoms with Gasteiger partial charge >= 0.3 is 6.03 Å². The molecule has 8 heteroatoms. The maximum Gasteiger partial charge on any atom is 0.320 e. The number of hydrogen-bond acceptors (Lipinski definition) is 6. The molecule has 0 unspecified atom stereocenters. The third kappa shape index (κ3) is 4.82. The molecule has 2 amide bonds. The van der Waals surface area contributed by atoms with E-state index in [0.29, 0.717) is 0 Å². The summed E-state index contributed by atoms with van der Waals surface area (Å²) in [5, 5.41) is 6.10. The van der Waals surface area contributed by atoms with E-state index in [-0.39, 0.29) is 6.03 Å². The van der Waals surface area contributed by atoms with Gasteiger partial charge in [0.25, 0.3) is 0 Å². The second kappa shape index (κ2) is 8.77. The Labute approximate surface area is 164 Å². The standard InChI is InChI=1S/C19H26N6OS/c26-19(25-12-8-23(9-13-25)15-18-16-27-21-20-18)24-10-6-22(7-11-24)14-17-4-2-1-3-5-17/h1-5,16H,6-15H2. The number of piperazine rings is 2. The Bertz CT molecular complexity index is 709. The van der Waals surface area contributed by atoms with Crippen LogP contribution in [0.3, 0.4) is 0 Å². The highest BCUT2D eigenvalue weighted by Gasteiger charge is 2.28. The van der Waals surface area contributed by atoms with E-state index in [1.165, 1.54) is 17.1 Å². The van der Waals surface area contributed by atoms with Crippen LogP contribution in [0, 0.1) is 0 Å². The fourth-order valence-electron chi connectivity index (χ4n) is 3.72. The van der Waals surface area contributed by atoms with Gasteiger partial charge in [0.15, 0.2) is 0 Å². The Balaban J connectivity index is 1.20. The van der Waals surface area contributed by atoms with Crippen LogP contribution in [0.4, 0.5) is 4.79 Å². The highest BCUT2D eigenvalue weighted by atomic mass is 32.1. The topological polar surface area (TPSA) is 55.8 Å². The van der Waals surface area contributed by atoms with E-state index in [1.54, 1.807) is 0 Å². The van der Waals surface area contributed by atoms with Crippen LogP contribution in [0.15, 0.2) is 35.7 Å². The molecular weight excluding hydrogens is 360 g/mol. The van der Waals surface area contributed by atoms with Gasteiger partial charge in [-0.15, -0.1) is 5.10 Å². The lowest BCUT2D eigenvalue weighted by Crippen LogP contribution is -2.56. The van der Waals surface area contributed by atoms with E-state index in [1.807, 2.05) is 21.2 Å². The fraction of sp³-hybridized carbons (Fsp3) is 0.526. The first-order valence-corrected chi connectivity index (χ1v) is 10.4. The van der Waals surface area contributed by atoms with Crippen LogP contribution in [0.25, 0.3) is 0 Å². The zero-order valence-corrected chi connectivity index (χ0v) is 16.4. The van der Waals surface area contributed by atoms with E-state index in [0.717, 1.165) is 71.1 Å². The van der Waals surface area contributed by atoms with Gasteiger partial charge in [-0.25, -0.2) is 4.79 Å². The van der Waals surface area contributed by atoms with Gasteiger partial charge in [-0.3, -0.25) is 9.80 Å². The third-order valence-corrected chi connectivity index (χ3v) is 5.88. The van der Waals surface area contributed by atoms with Gasteiger partial charge in [0, 0.05) is 70.8 Å². The van der Waals surface area contributed by atoms with Crippen LogP contribution < -0.4 is 0 Å². The molecule has 1 aromatic carbocycles. The Morgan fingerprint density at radius 3 is 2.00 bits per heavy atom. The number of hydrogen-bond donors (Lipinski definition) is 0. The summed E-state index contributed by atoms with van der Waals surface area (Å²) in [5.74, 6) is 0. The summed E-state index contributed by atoms with van der Waals surface area (Å²) in [4.78, 5) is 21.6. The molecule has 4 rings (SSSR count). The van der Waals surface area contributed by atoms with Gasteiger partial charge in [-0.1, -0.05) is 34.8 Å². The molecule has 2 aliphatic rings. The Morgan fingerprint density at radius 1 is 0.852 bits per heavy atom. The van der Waals surface area contributed by atoms with E-state index in [9.17, 15) is 4.79 Å². The van der Waals surface area contributed by atoms with E-state index >= 15 is 0 Å². The lowest BCUT2D eigenvalue weighted by Gasteiger charge is -2.40. The molecule has 0 spiro atoms. The molecule has 0 radical (unpaired) electrons. The number of benzene rings is 1. The monoisotopic (exact) mass is 386 g/mol.